The van der Waals surface area contributed by atoms with Gasteiger partial charge in [-0.25, -0.2) is 4.57 Å². The zero-order chi connectivity index (χ0) is 19.7. The second kappa shape index (κ2) is 17.2. The second-order valence-electron chi connectivity index (χ2n) is 7.27. The molecule has 0 aromatic carbocycles. The molecule has 158 valence electrons. The monoisotopic (exact) mass is 396 g/mol. The highest BCUT2D eigenvalue weighted by atomic mass is 31.2. The lowest BCUT2D eigenvalue weighted by atomic mass is 10.0. The van der Waals surface area contributed by atoms with Crippen LogP contribution in [-0.4, -0.2) is 38.8 Å². The molecule has 0 aliphatic heterocycles. The van der Waals surface area contributed by atoms with Gasteiger partial charge in [0.15, 0.2) is 0 Å². The van der Waals surface area contributed by atoms with Crippen LogP contribution in [0.25, 0.3) is 0 Å². The Morgan fingerprint density at radius 1 is 0.769 bits per heavy atom. The van der Waals surface area contributed by atoms with Gasteiger partial charge in [-0.05, 0) is 6.42 Å². The number of aliphatic hydroxyl groups excluding tert-OH is 2. The van der Waals surface area contributed by atoms with Gasteiger partial charge in [0.25, 0.3) is 0 Å². The molecule has 0 aliphatic carbocycles. The van der Waals surface area contributed by atoms with Crippen molar-refractivity contribution >= 4 is 7.82 Å². The quantitative estimate of drug-likeness (QED) is 0.186. The molecular weight excluding hydrogens is 355 g/mol. The van der Waals surface area contributed by atoms with E-state index in [1.54, 1.807) is 0 Å². The van der Waals surface area contributed by atoms with E-state index in [9.17, 15) is 9.67 Å². The van der Waals surface area contributed by atoms with Crippen molar-refractivity contribution in [1.82, 2.24) is 0 Å². The molecule has 0 heterocycles. The highest BCUT2D eigenvalue weighted by Crippen LogP contribution is 2.39. The van der Waals surface area contributed by atoms with Gasteiger partial charge in [0.1, 0.15) is 6.10 Å². The zero-order valence-electron chi connectivity index (χ0n) is 16.5. The van der Waals surface area contributed by atoms with E-state index in [0.29, 0.717) is 6.42 Å². The minimum atomic E-state index is -4.65. The molecule has 0 rings (SSSR count). The standard InChI is InChI=1S/C19H41O6P/c1-2-3-4-5-6-7-8-9-10-11-12-13-14-15-16-19(18(21)17-20)25-26(22,23)24/h18-21H,2-17H2,1H3,(H2,22,23,24). The number of aliphatic hydroxyl groups is 2. The van der Waals surface area contributed by atoms with Crippen LogP contribution in [-0.2, 0) is 9.09 Å². The fraction of sp³-hybridized carbons (Fsp3) is 1.00. The Morgan fingerprint density at radius 3 is 1.50 bits per heavy atom. The van der Waals surface area contributed by atoms with Gasteiger partial charge in [-0.3, -0.25) is 4.52 Å². The van der Waals surface area contributed by atoms with E-state index in [4.69, 9.17) is 14.9 Å². The average Bonchev–Trinajstić information content (AvgIpc) is 2.59. The van der Waals surface area contributed by atoms with Gasteiger partial charge >= 0.3 is 7.82 Å². The molecule has 0 amide bonds. The second-order valence-corrected chi connectivity index (χ2v) is 8.46. The van der Waals surface area contributed by atoms with Crippen molar-refractivity contribution in [2.75, 3.05) is 6.61 Å². The number of unbranched alkanes of at least 4 members (excludes halogenated alkanes) is 13. The fourth-order valence-electron chi connectivity index (χ4n) is 3.15. The Bertz CT molecular complexity index is 347. The van der Waals surface area contributed by atoms with E-state index in [1.165, 1.54) is 70.6 Å². The van der Waals surface area contributed by atoms with E-state index in [0.717, 1.165) is 19.3 Å². The summed E-state index contributed by atoms with van der Waals surface area (Å²) in [4.78, 5) is 17.7. The van der Waals surface area contributed by atoms with Gasteiger partial charge in [-0.1, -0.05) is 96.8 Å². The predicted octanol–water partition coefficient (Wildman–Crippen LogP) is 4.69. The van der Waals surface area contributed by atoms with Gasteiger partial charge in [0.05, 0.1) is 12.7 Å². The third-order valence-corrected chi connectivity index (χ3v) is 5.28. The lowest BCUT2D eigenvalue weighted by molar-refractivity contribution is -0.0179. The average molecular weight is 397 g/mol. The van der Waals surface area contributed by atoms with E-state index >= 15 is 0 Å². The predicted molar refractivity (Wildman–Crippen MR) is 105 cm³/mol. The summed E-state index contributed by atoms with van der Waals surface area (Å²) in [5, 5.41) is 18.5. The smallest absolute Gasteiger partial charge is 0.394 e. The van der Waals surface area contributed by atoms with Crippen molar-refractivity contribution in [3.05, 3.63) is 0 Å². The van der Waals surface area contributed by atoms with Crippen LogP contribution in [0.5, 0.6) is 0 Å². The summed E-state index contributed by atoms with van der Waals surface area (Å²) in [5.74, 6) is 0. The molecule has 0 saturated heterocycles. The summed E-state index contributed by atoms with van der Waals surface area (Å²) in [6, 6.07) is 0. The first-order chi connectivity index (χ1) is 12.4. The number of hydrogen-bond acceptors (Lipinski definition) is 4. The first-order valence-corrected chi connectivity index (χ1v) is 12.0. The van der Waals surface area contributed by atoms with Crippen molar-refractivity contribution in [1.29, 1.82) is 0 Å². The molecule has 0 fully saturated rings. The van der Waals surface area contributed by atoms with Gasteiger partial charge in [-0.15, -0.1) is 0 Å². The van der Waals surface area contributed by atoms with Crippen LogP contribution in [0.1, 0.15) is 103 Å². The Balaban J connectivity index is 3.49. The molecule has 2 unspecified atom stereocenters. The molecule has 2 atom stereocenters. The molecule has 0 spiro atoms. The topological polar surface area (TPSA) is 107 Å². The van der Waals surface area contributed by atoms with Gasteiger partial charge < -0.3 is 20.0 Å². The maximum absolute atomic E-state index is 10.9. The van der Waals surface area contributed by atoms with E-state index in [2.05, 4.69) is 11.4 Å². The van der Waals surface area contributed by atoms with Crippen LogP contribution < -0.4 is 0 Å². The highest BCUT2D eigenvalue weighted by molar-refractivity contribution is 7.46. The minimum absolute atomic E-state index is 0.338. The molecular formula is C19H41O6P. The van der Waals surface area contributed by atoms with Gasteiger partial charge in [-0.2, -0.15) is 0 Å². The zero-order valence-corrected chi connectivity index (χ0v) is 17.4. The van der Waals surface area contributed by atoms with Crippen molar-refractivity contribution in [3.8, 4) is 0 Å². The van der Waals surface area contributed by atoms with Crippen LogP contribution in [0.3, 0.4) is 0 Å². The van der Waals surface area contributed by atoms with E-state index < -0.39 is 26.6 Å². The number of rotatable bonds is 19. The summed E-state index contributed by atoms with van der Waals surface area (Å²) in [7, 11) is -4.65. The largest absolute Gasteiger partial charge is 0.469 e. The summed E-state index contributed by atoms with van der Waals surface area (Å²) in [6.07, 6.45) is 15.3. The molecule has 0 aliphatic rings. The fourth-order valence-corrected chi connectivity index (χ4v) is 3.75. The van der Waals surface area contributed by atoms with Crippen LogP contribution >= 0.6 is 7.82 Å². The van der Waals surface area contributed by atoms with Crippen molar-refractivity contribution in [3.63, 3.8) is 0 Å². The van der Waals surface area contributed by atoms with Crippen LogP contribution in [0.4, 0.5) is 0 Å². The molecule has 0 aromatic rings. The Labute approximate surface area is 159 Å². The first kappa shape index (κ1) is 26.0. The molecule has 26 heavy (non-hydrogen) atoms. The number of phosphoric acid groups is 1. The van der Waals surface area contributed by atoms with Crippen LogP contribution in [0, 0.1) is 0 Å². The van der Waals surface area contributed by atoms with Gasteiger partial charge in [0.2, 0.25) is 0 Å². The Morgan fingerprint density at radius 2 is 1.15 bits per heavy atom. The maximum Gasteiger partial charge on any atom is 0.469 e. The summed E-state index contributed by atoms with van der Waals surface area (Å²) in [5.41, 5.74) is 0. The summed E-state index contributed by atoms with van der Waals surface area (Å²) >= 11 is 0. The third-order valence-electron chi connectivity index (χ3n) is 4.73. The first-order valence-electron chi connectivity index (χ1n) is 10.4. The molecule has 0 radical (unpaired) electrons. The summed E-state index contributed by atoms with van der Waals surface area (Å²) < 4.78 is 15.4. The molecule has 6 nitrogen and oxygen atoms in total. The molecule has 4 N–H and O–H groups in total. The van der Waals surface area contributed by atoms with E-state index in [1.807, 2.05) is 0 Å². The normalized spacial score (nSPS) is 14.5. The minimum Gasteiger partial charge on any atom is -0.394 e. The lowest BCUT2D eigenvalue weighted by Crippen LogP contribution is -2.31. The molecule has 0 bridgehead atoms. The molecule has 0 saturated carbocycles. The van der Waals surface area contributed by atoms with Crippen molar-refractivity contribution < 1.29 is 29.1 Å². The van der Waals surface area contributed by atoms with Crippen LogP contribution in [0.2, 0.25) is 0 Å². The van der Waals surface area contributed by atoms with E-state index in [-0.39, 0.29) is 0 Å². The van der Waals surface area contributed by atoms with Gasteiger partial charge in [0, 0.05) is 0 Å². The molecule has 7 heteroatoms. The lowest BCUT2D eigenvalue weighted by Gasteiger charge is -2.21. The Kier molecular flexibility index (Phi) is 17.2. The van der Waals surface area contributed by atoms with Crippen molar-refractivity contribution in [2.45, 2.75) is 115 Å². The van der Waals surface area contributed by atoms with Crippen molar-refractivity contribution in [2.24, 2.45) is 0 Å². The Hall–Kier alpha value is 0.0300. The maximum atomic E-state index is 10.9. The SMILES string of the molecule is CCCCCCCCCCCCCCCCC(OP(=O)(O)O)C(O)CO. The summed E-state index contributed by atoms with van der Waals surface area (Å²) in [6.45, 7) is 1.68. The molecule has 0 aromatic heterocycles. The van der Waals surface area contributed by atoms with Crippen LogP contribution in [0.15, 0.2) is 0 Å². The number of hydrogen-bond donors (Lipinski definition) is 4. The third kappa shape index (κ3) is 17.4. The highest BCUT2D eigenvalue weighted by Gasteiger charge is 2.27. The number of phosphoric ester groups is 1.